The van der Waals surface area contributed by atoms with Crippen LogP contribution in [0.4, 0.5) is 18.9 Å². The van der Waals surface area contributed by atoms with Crippen molar-refractivity contribution in [3.63, 3.8) is 0 Å². The number of nitrogens with one attached hydrogen (secondary N) is 2. The van der Waals surface area contributed by atoms with Crippen molar-refractivity contribution in [3.8, 4) is 17.6 Å². The summed E-state index contributed by atoms with van der Waals surface area (Å²) < 4.78 is 43.2. The Bertz CT molecular complexity index is 958. The number of ether oxygens (including phenoxy) is 1. The van der Waals surface area contributed by atoms with Gasteiger partial charge in [-0.2, -0.15) is 23.6 Å². The molecule has 0 radical (unpaired) electrons. The van der Waals surface area contributed by atoms with Crippen LogP contribution in [0.2, 0.25) is 0 Å². The Morgan fingerprint density at radius 3 is 2.22 bits per heavy atom. The maximum absolute atomic E-state index is 12.6. The maximum Gasteiger partial charge on any atom is 0.416 e. The molecule has 0 aliphatic heterocycles. The number of aromatic amines is 1. The number of nitriles is 1. The van der Waals surface area contributed by atoms with Gasteiger partial charge in [-0.3, -0.25) is 0 Å². The molecule has 1 heterocycles. The topological polar surface area (TPSA) is 99.5 Å². The lowest BCUT2D eigenvalue weighted by molar-refractivity contribution is -0.137. The Balaban J connectivity index is 1.64. The number of nitrogens with zero attached hydrogens (tertiary/aromatic N) is 4. The van der Waals surface area contributed by atoms with E-state index in [9.17, 15) is 13.2 Å². The fourth-order valence-corrected chi connectivity index (χ4v) is 2.05. The molecule has 2 N–H and O–H groups in total. The average Bonchev–Trinajstić information content (AvgIpc) is 3.18. The number of tetrazole rings is 1. The SMILES string of the molecule is N#CC(=CNc1ccc(Oc2ccc(C(F)(F)F)cc2)cc1)c1nn[nH]n1. The quantitative estimate of drug-likeness (QED) is 0.657. The molecule has 10 heteroatoms. The van der Waals surface area contributed by atoms with E-state index >= 15 is 0 Å². The van der Waals surface area contributed by atoms with Crippen LogP contribution >= 0.6 is 0 Å². The number of benzene rings is 2. The molecule has 136 valence electrons. The van der Waals surface area contributed by atoms with Crippen LogP contribution < -0.4 is 10.1 Å². The monoisotopic (exact) mass is 372 g/mol. The smallest absolute Gasteiger partial charge is 0.416 e. The first kappa shape index (κ1) is 17.9. The number of rotatable bonds is 5. The summed E-state index contributed by atoms with van der Waals surface area (Å²) in [6, 6.07) is 13.0. The third-order valence-electron chi connectivity index (χ3n) is 3.36. The van der Waals surface area contributed by atoms with Crippen molar-refractivity contribution in [1.82, 2.24) is 20.6 Å². The van der Waals surface area contributed by atoms with Crippen LogP contribution in [0.5, 0.6) is 11.5 Å². The fourth-order valence-electron chi connectivity index (χ4n) is 2.05. The van der Waals surface area contributed by atoms with Crippen LogP contribution in [0.25, 0.3) is 5.57 Å². The van der Waals surface area contributed by atoms with E-state index in [2.05, 4.69) is 25.9 Å². The zero-order valence-corrected chi connectivity index (χ0v) is 13.5. The van der Waals surface area contributed by atoms with Gasteiger partial charge < -0.3 is 10.1 Å². The summed E-state index contributed by atoms with van der Waals surface area (Å²) in [6.07, 6.45) is -2.96. The number of hydrogen-bond acceptors (Lipinski definition) is 6. The van der Waals surface area contributed by atoms with Crippen molar-refractivity contribution in [1.29, 1.82) is 5.26 Å². The number of hydrogen-bond donors (Lipinski definition) is 2. The molecule has 0 amide bonds. The van der Waals surface area contributed by atoms with Gasteiger partial charge in [-0.15, -0.1) is 10.2 Å². The fraction of sp³-hybridized carbons (Fsp3) is 0.0588. The number of H-pyrrole nitrogens is 1. The predicted molar refractivity (Wildman–Crippen MR) is 89.4 cm³/mol. The van der Waals surface area contributed by atoms with Gasteiger partial charge in [0.05, 0.1) is 5.56 Å². The van der Waals surface area contributed by atoms with E-state index in [0.29, 0.717) is 11.4 Å². The minimum Gasteiger partial charge on any atom is -0.457 e. The second-order valence-electron chi connectivity index (χ2n) is 5.20. The second-order valence-corrected chi connectivity index (χ2v) is 5.20. The van der Waals surface area contributed by atoms with Crippen molar-refractivity contribution in [2.75, 3.05) is 5.32 Å². The first-order valence-corrected chi connectivity index (χ1v) is 7.51. The highest BCUT2D eigenvalue weighted by atomic mass is 19.4. The minimum atomic E-state index is -4.39. The van der Waals surface area contributed by atoms with Crippen molar-refractivity contribution in [2.24, 2.45) is 0 Å². The van der Waals surface area contributed by atoms with E-state index in [1.165, 1.54) is 18.3 Å². The van der Waals surface area contributed by atoms with E-state index in [4.69, 9.17) is 10.00 Å². The Morgan fingerprint density at radius 1 is 1.07 bits per heavy atom. The molecule has 0 unspecified atom stereocenters. The summed E-state index contributed by atoms with van der Waals surface area (Å²) in [4.78, 5) is 0. The molecular weight excluding hydrogens is 361 g/mol. The van der Waals surface area contributed by atoms with E-state index in [-0.39, 0.29) is 17.1 Å². The first-order valence-electron chi connectivity index (χ1n) is 7.51. The summed E-state index contributed by atoms with van der Waals surface area (Å²) >= 11 is 0. The first-order chi connectivity index (χ1) is 13.0. The maximum atomic E-state index is 12.6. The van der Waals surface area contributed by atoms with Crippen LogP contribution in [0.3, 0.4) is 0 Å². The van der Waals surface area contributed by atoms with Crippen LogP contribution in [-0.4, -0.2) is 20.6 Å². The van der Waals surface area contributed by atoms with Crippen molar-refractivity contribution >= 4 is 11.3 Å². The molecule has 1 aromatic heterocycles. The second kappa shape index (κ2) is 7.57. The number of aromatic nitrogens is 4. The Hall–Kier alpha value is -3.87. The molecule has 0 saturated carbocycles. The predicted octanol–water partition coefficient (Wildman–Crippen LogP) is 3.99. The van der Waals surface area contributed by atoms with Crippen molar-refractivity contribution in [3.05, 3.63) is 66.1 Å². The van der Waals surface area contributed by atoms with Crippen LogP contribution in [0.15, 0.2) is 54.7 Å². The standard InChI is InChI=1S/C17H11F3N6O/c18-17(19,20)12-1-5-14(6-2-12)27-15-7-3-13(4-8-15)22-10-11(9-21)16-23-25-26-24-16/h1-8,10,22H,(H,23,24,25,26). The van der Waals surface area contributed by atoms with Gasteiger partial charge in [-0.05, 0) is 53.7 Å². The van der Waals surface area contributed by atoms with E-state index in [1.54, 1.807) is 24.3 Å². The Labute approximate surface area is 151 Å². The molecule has 0 bridgehead atoms. The van der Waals surface area contributed by atoms with Crippen LogP contribution in [0, 0.1) is 11.3 Å². The summed E-state index contributed by atoms with van der Waals surface area (Å²) in [5, 5.41) is 25.1. The summed E-state index contributed by atoms with van der Waals surface area (Å²) in [7, 11) is 0. The molecule has 7 nitrogen and oxygen atoms in total. The van der Waals surface area contributed by atoms with Gasteiger partial charge in [0.1, 0.15) is 23.1 Å². The lowest BCUT2D eigenvalue weighted by Crippen LogP contribution is -2.03. The molecule has 3 aromatic rings. The van der Waals surface area contributed by atoms with E-state index in [0.717, 1.165) is 12.1 Å². The summed E-state index contributed by atoms with van der Waals surface area (Å²) in [5.41, 5.74) is 0.107. The van der Waals surface area contributed by atoms with Gasteiger partial charge in [-0.1, -0.05) is 0 Å². The van der Waals surface area contributed by atoms with Crippen molar-refractivity contribution < 1.29 is 17.9 Å². The third-order valence-corrected chi connectivity index (χ3v) is 3.36. The summed E-state index contributed by atoms with van der Waals surface area (Å²) in [6.45, 7) is 0. The Morgan fingerprint density at radius 2 is 1.70 bits per heavy atom. The lowest BCUT2D eigenvalue weighted by atomic mass is 10.2. The lowest BCUT2D eigenvalue weighted by Gasteiger charge is -2.09. The van der Waals surface area contributed by atoms with E-state index in [1.807, 2.05) is 6.07 Å². The molecule has 0 atom stereocenters. The van der Waals surface area contributed by atoms with Gasteiger partial charge in [0, 0.05) is 11.9 Å². The van der Waals surface area contributed by atoms with Crippen LogP contribution in [-0.2, 0) is 6.18 Å². The number of alkyl halides is 3. The zero-order chi connectivity index (χ0) is 19.3. The van der Waals surface area contributed by atoms with Gasteiger partial charge in [0.15, 0.2) is 0 Å². The molecular formula is C17H11F3N6O. The van der Waals surface area contributed by atoms with Gasteiger partial charge in [0.25, 0.3) is 0 Å². The number of halogens is 3. The van der Waals surface area contributed by atoms with Gasteiger partial charge in [-0.25, -0.2) is 0 Å². The third kappa shape index (κ3) is 4.60. The van der Waals surface area contributed by atoms with Crippen molar-refractivity contribution in [2.45, 2.75) is 6.18 Å². The molecule has 3 rings (SSSR count). The van der Waals surface area contributed by atoms with Gasteiger partial charge in [0.2, 0.25) is 5.82 Å². The van der Waals surface area contributed by atoms with Gasteiger partial charge >= 0.3 is 6.18 Å². The molecule has 0 aliphatic rings. The molecule has 0 saturated heterocycles. The zero-order valence-electron chi connectivity index (χ0n) is 13.5. The molecule has 0 aliphatic carbocycles. The highest BCUT2D eigenvalue weighted by Gasteiger charge is 2.30. The number of allylic oxidation sites excluding steroid dienone is 1. The molecule has 27 heavy (non-hydrogen) atoms. The summed E-state index contributed by atoms with van der Waals surface area (Å²) in [5.74, 6) is 0.891. The number of anilines is 1. The van der Waals surface area contributed by atoms with E-state index < -0.39 is 11.7 Å². The largest absolute Gasteiger partial charge is 0.457 e. The van der Waals surface area contributed by atoms with Crippen LogP contribution in [0.1, 0.15) is 11.4 Å². The minimum absolute atomic E-state index is 0.159. The highest BCUT2D eigenvalue weighted by molar-refractivity contribution is 5.74. The average molecular weight is 372 g/mol. The molecule has 2 aromatic carbocycles. The molecule has 0 spiro atoms. The highest BCUT2D eigenvalue weighted by Crippen LogP contribution is 2.31. The Kier molecular flexibility index (Phi) is 5.03. The normalized spacial score (nSPS) is 11.7. The molecule has 0 fully saturated rings.